The number of halogens is 6. The molecule has 0 bridgehead atoms. The van der Waals surface area contributed by atoms with Crippen molar-refractivity contribution in [1.29, 1.82) is 0 Å². The Kier molecular flexibility index (Phi) is 5.24. The molecule has 0 spiro atoms. The van der Waals surface area contributed by atoms with Gasteiger partial charge in [0.1, 0.15) is 5.75 Å². The minimum Gasteiger partial charge on any atom is -0.512 e. The Morgan fingerprint density at radius 1 is 0.842 bits per heavy atom. The molecule has 0 aliphatic rings. The van der Waals surface area contributed by atoms with Gasteiger partial charge in [0, 0.05) is 0 Å². The molecule has 0 unspecified atom stereocenters. The molecule has 0 fully saturated rings. The van der Waals surface area contributed by atoms with Gasteiger partial charge in [0.2, 0.25) is 0 Å². The maximum Gasteiger partial charge on any atom is 0.707 e. The molecular weight excluding hydrogens is 285 g/mol. The van der Waals surface area contributed by atoms with E-state index in [1.807, 2.05) is 0 Å². The molecule has 108 valence electrons. The van der Waals surface area contributed by atoms with Crippen molar-refractivity contribution in [3.8, 4) is 5.75 Å². The number of alkyl halides is 6. The maximum absolute atomic E-state index is 12.3. The molecule has 0 heterocycles. The molecule has 4 N–H and O–H groups in total. The van der Waals surface area contributed by atoms with Crippen molar-refractivity contribution in [2.75, 3.05) is 0 Å². The summed E-state index contributed by atoms with van der Waals surface area (Å²) >= 11 is 0. The van der Waals surface area contributed by atoms with Gasteiger partial charge in [-0.05, 0) is 18.2 Å². The molecule has 0 radical (unpaired) electrons. The molecule has 0 aliphatic heterocycles. The first-order chi connectivity index (χ1) is 8.00. The number of benzene rings is 1. The van der Waals surface area contributed by atoms with Gasteiger partial charge in [0.05, 0.1) is 11.1 Å². The topological polar surface area (TPSA) is 81.2 Å². The van der Waals surface area contributed by atoms with E-state index in [0.29, 0.717) is 0 Å². The Bertz CT molecular complexity index is 398. The number of hydrogen-bond acceptors (Lipinski definition) is 3. The summed E-state index contributed by atoms with van der Waals surface area (Å²) in [5, 5.41) is 16.7. The molecular formula is C8H7BF6O4. The largest absolute Gasteiger partial charge is 0.707 e. The van der Waals surface area contributed by atoms with Crippen LogP contribution >= 0.6 is 0 Å². The van der Waals surface area contributed by atoms with E-state index in [4.69, 9.17) is 10.0 Å². The molecule has 1 aromatic rings. The fourth-order valence-corrected chi connectivity index (χ4v) is 1.12. The number of rotatable bonds is 2. The van der Waals surface area contributed by atoms with Gasteiger partial charge in [-0.15, -0.1) is 0 Å². The smallest absolute Gasteiger partial charge is 0.512 e. The predicted octanol–water partition coefficient (Wildman–Crippen LogP) is 1.25. The Labute approximate surface area is 102 Å². The van der Waals surface area contributed by atoms with Crippen LogP contribution in [0.3, 0.4) is 0 Å². The molecule has 11 heteroatoms. The second kappa shape index (κ2) is 5.67. The molecule has 4 nitrogen and oxygen atoms in total. The fraction of sp³-hybridized carbons (Fsp3) is 0.250. The Morgan fingerprint density at radius 2 is 1.21 bits per heavy atom. The van der Waals surface area contributed by atoms with E-state index < -0.39 is 36.6 Å². The lowest BCUT2D eigenvalue weighted by molar-refractivity contribution is -0.143. The molecule has 0 aromatic heterocycles. The number of hydrogen-bond donors (Lipinski definition) is 2. The van der Waals surface area contributed by atoms with Crippen molar-refractivity contribution in [3.63, 3.8) is 0 Å². The van der Waals surface area contributed by atoms with Crippen molar-refractivity contribution < 1.29 is 46.5 Å². The van der Waals surface area contributed by atoms with Crippen LogP contribution in [-0.4, -0.2) is 22.8 Å². The van der Waals surface area contributed by atoms with Crippen LogP contribution in [0.2, 0.25) is 0 Å². The van der Waals surface area contributed by atoms with Gasteiger partial charge in [-0.3, -0.25) is 0 Å². The summed E-state index contributed by atoms with van der Waals surface area (Å²) in [5.41, 5.74) is -3.21. The van der Waals surface area contributed by atoms with Gasteiger partial charge in [0.15, 0.2) is 0 Å². The minimum absolute atomic E-state index is 0. The lowest BCUT2D eigenvalue weighted by Crippen LogP contribution is -2.21. The van der Waals surface area contributed by atoms with E-state index in [-0.39, 0.29) is 23.7 Å². The highest BCUT2D eigenvalue weighted by Gasteiger charge is 2.37. The molecule has 1 rings (SSSR count). The summed E-state index contributed by atoms with van der Waals surface area (Å²) < 4.78 is 78.0. The fourth-order valence-electron chi connectivity index (χ4n) is 1.12. The second-order valence-corrected chi connectivity index (χ2v) is 3.19. The van der Waals surface area contributed by atoms with Crippen LogP contribution in [0.4, 0.5) is 26.3 Å². The van der Waals surface area contributed by atoms with Crippen LogP contribution in [-0.2, 0) is 12.4 Å². The first kappa shape index (κ1) is 17.5. The van der Waals surface area contributed by atoms with E-state index in [0.717, 1.165) is 0 Å². The molecule has 0 amide bonds. The lowest BCUT2D eigenvalue weighted by Gasteiger charge is -2.14. The first-order valence-electron chi connectivity index (χ1n) is 4.32. The van der Waals surface area contributed by atoms with Crippen molar-refractivity contribution in [2.45, 2.75) is 12.4 Å². The van der Waals surface area contributed by atoms with Gasteiger partial charge in [-0.2, -0.15) is 26.3 Å². The van der Waals surface area contributed by atoms with Gasteiger partial charge >= 0.3 is 19.7 Å². The second-order valence-electron chi connectivity index (χ2n) is 3.19. The van der Waals surface area contributed by atoms with E-state index in [9.17, 15) is 26.3 Å². The zero-order valence-corrected chi connectivity index (χ0v) is 8.88. The van der Waals surface area contributed by atoms with Crippen LogP contribution in [0.15, 0.2) is 18.2 Å². The normalized spacial score (nSPS) is 11.8. The Hall–Kier alpha value is -1.46. The van der Waals surface area contributed by atoms with Crippen molar-refractivity contribution in [3.05, 3.63) is 29.3 Å². The lowest BCUT2D eigenvalue weighted by atomic mass is 10.1. The summed E-state index contributed by atoms with van der Waals surface area (Å²) in [7, 11) is -2.52. The zero-order valence-electron chi connectivity index (χ0n) is 8.88. The van der Waals surface area contributed by atoms with Gasteiger partial charge in [-0.1, -0.05) is 0 Å². The quantitative estimate of drug-likeness (QED) is 0.635. The summed E-state index contributed by atoms with van der Waals surface area (Å²) in [5.74, 6) is -0.952. The molecule has 0 atom stereocenters. The predicted molar refractivity (Wildman–Crippen MR) is 50.9 cm³/mol. The molecule has 1 aromatic carbocycles. The van der Waals surface area contributed by atoms with Crippen molar-refractivity contribution >= 4 is 7.32 Å². The van der Waals surface area contributed by atoms with Crippen molar-refractivity contribution in [2.24, 2.45) is 0 Å². The van der Waals surface area contributed by atoms with Crippen LogP contribution in [0.25, 0.3) is 0 Å². The average molecular weight is 292 g/mol. The maximum atomic E-state index is 12.3. The summed E-state index contributed by atoms with van der Waals surface area (Å²) in [4.78, 5) is 0. The van der Waals surface area contributed by atoms with Crippen LogP contribution in [0.5, 0.6) is 5.75 Å². The Morgan fingerprint density at radius 3 is 1.47 bits per heavy atom. The summed E-state index contributed by atoms with van der Waals surface area (Å²) in [6.45, 7) is 0. The Balaban J connectivity index is 0.00000324. The standard InChI is InChI=1S/C8H5BF6O3.H2O/c10-7(11,12)4-1-5(8(13,14)15)3-6(2-4)18-9(16)17;/h1-3,16-17H;1H2. The summed E-state index contributed by atoms with van der Waals surface area (Å²) in [6.07, 6.45) is -10.0. The van der Waals surface area contributed by atoms with Gasteiger partial charge in [-0.25, -0.2) is 0 Å². The highest BCUT2D eigenvalue weighted by Crippen LogP contribution is 2.38. The third-order valence-corrected chi connectivity index (χ3v) is 1.80. The third kappa shape index (κ3) is 4.97. The van der Waals surface area contributed by atoms with E-state index in [2.05, 4.69) is 4.65 Å². The molecule has 19 heavy (non-hydrogen) atoms. The van der Waals surface area contributed by atoms with Crippen LogP contribution < -0.4 is 4.65 Å². The van der Waals surface area contributed by atoms with E-state index >= 15 is 0 Å². The average Bonchev–Trinajstić information content (AvgIpc) is 2.13. The first-order valence-corrected chi connectivity index (χ1v) is 4.32. The van der Waals surface area contributed by atoms with Crippen LogP contribution in [0, 0.1) is 0 Å². The molecule has 0 saturated carbocycles. The molecule has 0 aliphatic carbocycles. The highest BCUT2D eigenvalue weighted by molar-refractivity contribution is 6.33. The third-order valence-electron chi connectivity index (χ3n) is 1.80. The van der Waals surface area contributed by atoms with Gasteiger partial charge in [0.25, 0.3) is 0 Å². The van der Waals surface area contributed by atoms with Crippen LogP contribution in [0.1, 0.15) is 11.1 Å². The summed E-state index contributed by atoms with van der Waals surface area (Å²) in [6, 6.07) is 0.361. The zero-order chi connectivity index (χ0) is 14.1. The molecule has 0 saturated heterocycles. The van der Waals surface area contributed by atoms with Gasteiger partial charge < -0.3 is 20.2 Å². The monoisotopic (exact) mass is 292 g/mol. The van der Waals surface area contributed by atoms with E-state index in [1.54, 1.807) is 0 Å². The van der Waals surface area contributed by atoms with Crippen molar-refractivity contribution in [1.82, 2.24) is 0 Å². The highest BCUT2D eigenvalue weighted by atomic mass is 19.4. The minimum atomic E-state index is -5.01. The SMILES string of the molecule is O.OB(O)Oc1cc(C(F)(F)F)cc(C(F)(F)F)c1. The van der Waals surface area contributed by atoms with E-state index in [1.165, 1.54) is 0 Å².